The zero-order chi connectivity index (χ0) is 17.3. The van der Waals surface area contributed by atoms with Gasteiger partial charge in [-0.05, 0) is 31.4 Å². The minimum absolute atomic E-state index is 0.0362. The highest BCUT2D eigenvalue weighted by atomic mass is 16.2. The highest BCUT2D eigenvalue weighted by molar-refractivity contribution is 5.87. The number of rotatable bonds is 3. The molecule has 3 heterocycles. The molecule has 0 N–H and O–H groups in total. The Morgan fingerprint density at radius 1 is 1.08 bits per heavy atom. The molecule has 2 aliphatic heterocycles. The molecule has 0 saturated carbocycles. The molecule has 2 fully saturated rings. The summed E-state index contributed by atoms with van der Waals surface area (Å²) < 4.78 is 0. The van der Waals surface area contributed by atoms with Gasteiger partial charge in [-0.25, -0.2) is 9.97 Å². The van der Waals surface area contributed by atoms with E-state index in [1.165, 1.54) is 6.08 Å². The van der Waals surface area contributed by atoms with Gasteiger partial charge >= 0.3 is 0 Å². The van der Waals surface area contributed by atoms with E-state index in [9.17, 15) is 4.79 Å². The lowest BCUT2D eigenvalue weighted by atomic mass is 9.76. The Kier molecular flexibility index (Phi) is 3.99. The van der Waals surface area contributed by atoms with Crippen LogP contribution >= 0.6 is 0 Å². The van der Waals surface area contributed by atoms with Gasteiger partial charge in [0, 0.05) is 36.9 Å². The first-order chi connectivity index (χ1) is 12.2. The molecule has 0 aliphatic carbocycles. The topological polar surface area (TPSA) is 49.3 Å². The Labute approximate surface area is 148 Å². The minimum atomic E-state index is 0.0362. The fourth-order valence-electron chi connectivity index (χ4n) is 3.92. The Balaban J connectivity index is 1.53. The maximum absolute atomic E-state index is 11.8. The van der Waals surface area contributed by atoms with Crippen molar-refractivity contribution in [1.82, 2.24) is 14.9 Å². The third-order valence-electron chi connectivity index (χ3n) is 5.50. The smallest absolute Gasteiger partial charge is 0.245 e. The van der Waals surface area contributed by atoms with Crippen LogP contribution in [0.4, 0.5) is 5.82 Å². The average Bonchev–Trinajstić information content (AvgIpc) is 2.67. The number of carbonyl (C=O) groups excluding carboxylic acids is 1. The number of hydrogen-bond acceptors (Lipinski definition) is 4. The van der Waals surface area contributed by atoms with Gasteiger partial charge in [0.2, 0.25) is 5.91 Å². The number of benzene rings is 1. The van der Waals surface area contributed by atoms with Crippen LogP contribution in [-0.2, 0) is 4.79 Å². The molecule has 2 aliphatic rings. The third kappa shape index (κ3) is 2.80. The molecule has 1 amide bonds. The van der Waals surface area contributed by atoms with E-state index in [1.54, 1.807) is 0 Å². The predicted octanol–water partition coefficient (Wildman–Crippen LogP) is 2.90. The fourth-order valence-corrected chi connectivity index (χ4v) is 3.92. The van der Waals surface area contributed by atoms with Crippen LogP contribution < -0.4 is 4.90 Å². The first kappa shape index (κ1) is 15.8. The molecule has 128 valence electrons. The molecule has 1 aromatic carbocycles. The molecule has 1 spiro atoms. The molecular weight excluding hydrogens is 312 g/mol. The molecule has 2 saturated heterocycles. The Morgan fingerprint density at radius 2 is 1.80 bits per heavy atom. The van der Waals surface area contributed by atoms with Gasteiger partial charge in [0.15, 0.2) is 5.82 Å². The number of likely N-dealkylation sites (tertiary alicyclic amines) is 1. The van der Waals surface area contributed by atoms with Crippen LogP contribution in [0.2, 0.25) is 0 Å². The normalized spacial score (nSPS) is 18.7. The average molecular weight is 334 g/mol. The van der Waals surface area contributed by atoms with Crippen molar-refractivity contribution >= 4 is 11.7 Å². The zero-order valence-electron chi connectivity index (χ0n) is 14.3. The van der Waals surface area contributed by atoms with Crippen LogP contribution in [0.25, 0.3) is 11.4 Å². The lowest BCUT2D eigenvalue weighted by Crippen LogP contribution is -2.65. The van der Waals surface area contributed by atoms with E-state index in [-0.39, 0.29) is 11.4 Å². The Hall–Kier alpha value is -2.69. The molecule has 5 heteroatoms. The summed E-state index contributed by atoms with van der Waals surface area (Å²) in [6.45, 7) is 6.18. The van der Waals surface area contributed by atoms with Gasteiger partial charge < -0.3 is 9.80 Å². The van der Waals surface area contributed by atoms with Gasteiger partial charge in [0.05, 0.1) is 0 Å². The number of piperidine rings is 1. The third-order valence-corrected chi connectivity index (χ3v) is 5.50. The van der Waals surface area contributed by atoms with Crippen molar-refractivity contribution in [2.75, 3.05) is 24.5 Å². The van der Waals surface area contributed by atoms with E-state index in [2.05, 4.69) is 16.5 Å². The van der Waals surface area contributed by atoms with E-state index in [4.69, 9.17) is 4.98 Å². The van der Waals surface area contributed by atoms with Crippen molar-refractivity contribution in [2.24, 2.45) is 0 Å². The summed E-state index contributed by atoms with van der Waals surface area (Å²) in [4.78, 5) is 25.3. The van der Waals surface area contributed by atoms with Gasteiger partial charge in [0.25, 0.3) is 0 Å². The molecule has 5 nitrogen and oxygen atoms in total. The van der Waals surface area contributed by atoms with Crippen LogP contribution in [0.15, 0.2) is 55.3 Å². The lowest BCUT2D eigenvalue weighted by molar-refractivity contribution is -0.127. The number of nitrogens with zero attached hydrogens (tertiary/aromatic N) is 4. The lowest BCUT2D eigenvalue weighted by Gasteiger charge is -2.57. The molecule has 1 aromatic heterocycles. The van der Waals surface area contributed by atoms with Crippen molar-refractivity contribution in [2.45, 2.75) is 24.8 Å². The SMILES string of the molecule is C=CC(=O)N1CCC2(CC1)CCN2c1ccnc(-c2ccccc2)n1. The van der Waals surface area contributed by atoms with Crippen LogP contribution in [-0.4, -0.2) is 45.9 Å². The molecule has 25 heavy (non-hydrogen) atoms. The molecule has 0 radical (unpaired) electrons. The largest absolute Gasteiger partial charge is 0.351 e. The summed E-state index contributed by atoms with van der Waals surface area (Å²) in [6, 6.07) is 12.1. The minimum Gasteiger partial charge on any atom is -0.351 e. The monoisotopic (exact) mass is 334 g/mol. The number of anilines is 1. The Morgan fingerprint density at radius 3 is 2.44 bits per heavy atom. The quantitative estimate of drug-likeness (QED) is 0.810. The molecular formula is C20H22N4O. The molecule has 4 rings (SSSR count). The maximum Gasteiger partial charge on any atom is 0.245 e. The van der Waals surface area contributed by atoms with Crippen molar-refractivity contribution in [3.8, 4) is 11.4 Å². The van der Waals surface area contributed by atoms with Gasteiger partial charge in [-0.15, -0.1) is 0 Å². The highest BCUT2D eigenvalue weighted by Crippen LogP contribution is 2.42. The first-order valence-electron chi connectivity index (χ1n) is 8.79. The molecule has 0 unspecified atom stereocenters. The first-order valence-corrected chi connectivity index (χ1v) is 8.79. The summed E-state index contributed by atoms with van der Waals surface area (Å²) in [6.07, 6.45) is 6.38. The van der Waals surface area contributed by atoms with Crippen LogP contribution in [0.5, 0.6) is 0 Å². The zero-order valence-corrected chi connectivity index (χ0v) is 14.3. The van der Waals surface area contributed by atoms with Crippen molar-refractivity contribution < 1.29 is 4.79 Å². The van der Waals surface area contributed by atoms with Crippen molar-refractivity contribution in [3.05, 3.63) is 55.3 Å². The Bertz CT molecular complexity index is 781. The van der Waals surface area contributed by atoms with E-state index in [0.717, 1.165) is 56.1 Å². The van der Waals surface area contributed by atoms with Crippen molar-refractivity contribution in [3.63, 3.8) is 0 Å². The predicted molar refractivity (Wildman–Crippen MR) is 98.2 cm³/mol. The number of aromatic nitrogens is 2. The summed E-state index contributed by atoms with van der Waals surface area (Å²) >= 11 is 0. The summed E-state index contributed by atoms with van der Waals surface area (Å²) in [7, 11) is 0. The fraction of sp³-hybridized carbons (Fsp3) is 0.350. The maximum atomic E-state index is 11.8. The molecule has 2 aromatic rings. The van der Waals surface area contributed by atoms with E-state index < -0.39 is 0 Å². The van der Waals surface area contributed by atoms with Crippen LogP contribution in [0.3, 0.4) is 0 Å². The summed E-state index contributed by atoms with van der Waals surface area (Å²) in [5, 5.41) is 0. The van der Waals surface area contributed by atoms with E-state index >= 15 is 0 Å². The second-order valence-electron chi connectivity index (χ2n) is 6.76. The number of amides is 1. The number of hydrogen-bond donors (Lipinski definition) is 0. The van der Waals surface area contributed by atoms with E-state index in [1.807, 2.05) is 47.5 Å². The van der Waals surface area contributed by atoms with Gasteiger partial charge in [-0.3, -0.25) is 4.79 Å². The highest BCUT2D eigenvalue weighted by Gasteiger charge is 2.47. The van der Waals surface area contributed by atoms with Gasteiger partial charge in [-0.1, -0.05) is 36.9 Å². The molecule has 0 bridgehead atoms. The standard InChI is InChI=1S/C20H22N4O/c1-2-18(25)23-13-9-20(10-14-23)11-15-24(20)17-8-12-21-19(22-17)16-6-4-3-5-7-16/h2-8,12H,1,9-11,13-15H2. The molecule has 0 atom stereocenters. The summed E-state index contributed by atoms with van der Waals surface area (Å²) in [5.41, 5.74) is 1.17. The second kappa shape index (κ2) is 6.31. The van der Waals surface area contributed by atoms with Crippen molar-refractivity contribution in [1.29, 1.82) is 0 Å². The van der Waals surface area contributed by atoms with Gasteiger partial charge in [-0.2, -0.15) is 0 Å². The van der Waals surface area contributed by atoms with Crippen LogP contribution in [0.1, 0.15) is 19.3 Å². The number of carbonyl (C=O) groups is 1. The summed E-state index contributed by atoms with van der Waals surface area (Å²) in [5.74, 6) is 1.79. The second-order valence-corrected chi connectivity index (χ2v) is 6.76. The van der Waals surface area contributed by atoms with Gasteiger partial charge in [0.1, 0.15) is 5.82 Å². The van der Waals surface area contributed by atoms with Crippen LogP contribution in [0, 0.1) is 0 Å². The van der Waals surface area contributed by atoms with E-state index in [0.29, 0.717) is 0 Å².